The van der Waals surface area contributed by atoms with Crippen LogP contribution < -0.4 is 20.3 Å². The Hall–Kier alpha value is -3.14. The lowest BCUT2D eigenvalue weighted by Crippen LogP contribution is -2.40. The molecule has 10 heteroatoms. The number of amides is 3. The second kappa shape index (κ2) is 10.9. The molecule has 0 aliphatic carbocycles. The molecule has 182 valence electrons. The van der Waals surface area contributed by atoms with Crippen LogP contribution in [0.3, 0.4) is 0 Å². The van der Waals surface area contributed by atoms with Crippen molar-refractivity contribution < 1.29 is 19.1 Å². The van der Waals surface area contributed by atoms with Gasteiger partial charge in [0, 0.05) is 51.1 Å². The smallest absolute Gasteiger partial charge is 0.267 e. The van der Waals surface area contributed by atoms with Gasteiger partial charge in [0.1, 0.15) is 10.6 Å². The lowest BCUT2D eigenvalue weighted by Gasteiger charge is -2.31. The van der Waals surface area contributed by atoms with Crippen molar-refractivity contribution in [1.82, 2.24) is 15.2 Å². The number of piperidine rings is 1. The van der Waals surface area contributed by atoms with Crippen molar-refractivity contribution in [3.8, 4) is 5.75 Å². The van der Waals surface area contributed by atoms with E-state index in [0.717, 1.165) is 37.2 Å². The van der Waals surface area contributed by atoms with Crippen LogP contribution in [0.2, 0.25) is 0 Å². The minimum Gasteiger partial charge on any atom is -0.496 e. The largest absolute Gasteiger partial charge is 0.496 e. The Morgan fingerprint density at radius 1 is 1.12 bits per heavy atom. The van der Waals surface area contributed by atoms with Crippen molar-refractivity contribution in [2.75, 3.05) is 43.5 Å². The molecule has 2 aliphatic rings. The van der Waals surface area contributed by atoms with Crippen molar-refractivity contribution in [3.05, 3.63) is 34.7 Å². The molecule has 9 nitrogen and oxygen atoms in total. The van der Waals surface area contributed by atoms with E-state index in [1.165, 1.54) is 18.3 Å². The first-order chi connectivity index (χ1) is 16.5. The highest BCUT2D eigenvalue weighted by atomic mass is 32.1. The third kappa shape index (κ3) is 5.49. The summed E-state index contributed by atoms with van der Waals surface area (Å²) in [6.07, 6.45) is 3.39. The minimum absolute atomic E-state index is 0.0357. The fraction of sp³-hybridized carbons (Fsp3) is 0.500. The molecule has 2 aromatic rings. The van der Waals surface area contributed by atoms with Crippen molar-refractivity contribution in [3.63, 3.8) is 0 Å². The van der Waals surface area contributed by atoms with E-state index in [9.17, 15) is 14.4 Å². The summed E-state index contributed by atoms with van der Waals surface area (Å²) < 4.78 is 5.35. The van der Waals surface area contributed by atoms with Gasteiger partial charge in [0.05, 0.1) is 7.11 Å². The summed E-state index contributed by atoms with van der Waals surface area (Å²) in [5.74, 6) is 0.727. The number of hydrogen-bond acceptors (Lipinski definition) is 7. The van der Waals surface area contributed by atoms with Crippen LogP contribution in [0.25, 0.3) is 0 Å². The van der Waals surface area contributed by atoms with Crippen molar-refractivity contribution in [1.29, 1.82) is 0 Å². The maximum Gasteiger partial charge on any atom is 0.267 e. The molecule has 0 spiro atoms. The van der Waals surface area contributed by atoms with Gasteiger partial charge in [0.2, 0.25) is 11.8 Å². The highest BCUT2D eigenvalue weighted by molar-refractivity contribution is 7.18. The predicted molar refractivity (Wildman–Crippen MR) is 131 cm³/mol. The van der Waals surface area contributed by atoms with Crippen LogP contribution in [0.5, 0.6) is 5.75 Å². The van der Waals surface area contributed by atoms with Crippen LogP contribution >= 0.6 is 11.3 Å². The average molecular weight is 486 g/mol. The maximum absolute atomic E-state index is 13.0. The standard InChI is InChI=1S/C24H31N5O4S/c1-16(30)26-21-20(23(32)28-11-5-6-12-28)34-24(27-21)29-13-9-17(10-14-29)22(31)25-15-18-7-3-4-8-19(18)33-2/h3-4,7-8,17H,5-6,9-15H2,1-2H3,(H,25,31)(H,26,30). The first-order valence-electron chi connectivity index (χ1n) is 11.7. The molecule has 1 aromatic carbocycles. The summed E-state index contributed by atoms with van der Waals surface area (Å²) >= 11 is 1.32. The average Bonchev–Trinajstić information content (AvgIpc) is 3.53. The Morgan fingerprint density at radius 3 is 2.50 bits per heavy atom. The van der Waals surface area contributed by atoms with Gasteiger partial charge in [0.15, 0.2) is 10.9 Å². The number of carbonyl (C=O) groups excluding carboxylic acids is 3. The molecule has 0 radical (unpaired) electrons. The van der Waals surface area contributed by atoms with Gasteiger partial charge in [-0.2, -0.15) is 0 Å². The lowest BCUT2D eigenvalue weighted by molar-refractivity contribution is -0.125. The summed E-state index contributed by atoms with van der Waals surface area (Å²) in [7, 11) is 1.62. The molecule has 1 aromatic heterocycles. The van der Waals surface area contributed by atoms with E-state index in [1.807, 2.05) is 29.2 Å². The predicted octanol–water partition coefficient (Wildman–Crippen LogP) is 2.88. The Balaban J connectivity index is 1.37. The summed E-state index contributed by atoms with van der Waals surface area (Å²) in [6.45, 7) is 4.64. The highest BCUT2D eigenvalue weighted by Gasteiger charge is 2.30. The molecule has 2 N–H and O–H groups in total. The molecule has 0 bridgehead atoms. The zero-order chi connectivity index (χ0) is 24.1. The highest BCUT2D eigenvalue weighted by Crippen LogP contribution is 2.34. The third-order valence-corrected chi connectivity index (χ3v) is 7.38. The molecule has 4 rings (SSSR count). The number of benzene rings is 1. The van der Waals surface area contributed by atoms with Crippen molar-refractivity contribution in [2.45, 2.75) is 39.2 Å². The van der Waals surface area contributed by atoms with Gasteiger partial charge in [-0.1, -0.05) is 29.5 Å². The molecular formula is C24H31N5O4S. The number of para-hydroxylation sites is 1. The zero-order valence-corrected chi connectivity index (χ0v) is 20.5. The first kappa shape index (κ1) is 24.0. The number of nitrogens with zero attached hydrogens (tertiary/aromatic N) is 3. The molecule has 2 saturated heterocycles. The summed E-state index contributed by atoms with van der Waals surface area (Å²) in [5.41, 5.74) is 0.944. The molecule has 3 amide bonds. The second-order valence-corrected chi connectivity index (χ2v) is 9.62. The number of likely N-dealkylation sites (tertiary alicyclic amines) is 1. The number of methoxy groups -OCH3 is 1. The quantitative estimate of drug-likeness (QED) is 0.625. The van der Waals surface area contributed by atoms with Gasteiger partial charge in [0.25, 0.3) is 5.91 Å². The van der Waals surface area contributed by atoms with Gasteiger partial charge >= 0.3 is 0 Å². The number of hydrogen-bond donors (Lipinski definition) is 2. The molecule has 3 heterocycles. The fourth-order valence-electron chi connectivity index (χ4n) is 4.41. The van der Waals surface area contributed by atoms with Gasteiger partial charge in [-0.15, -0.1) is 0 Å². The van der Waals surface area contributed by atoms with E-state index < -0.39 is 0 Å². The number of ether oxygens (including phenoxy) is 1. The number of anilines is 2. The van der Waals surface area contributed by atoms with Gasteiger partial charge < -0.3 is 25.2 Å². The molecule has 2 fully saturated rings. The van der Waals surface area contributed by atoms with E-state index >= 15 is 0 Å². The lowest BCUT2D eigenvalue weighted by atomic mass is 9.96. The Labute approximate surface area is 203 Å². The van der Waals surface area contributed by atoms with Crippen LogP contribution in [0.1, 0.15) is 47.8 Å². The van der Waals surface area contributed by atoms with Crippen LogP contribution in [0, 0.1) is 5.92 Å². The maximum atomic E-state index is 13.0. The number of rotatable bonds is 7. The molecule has 0 saturated carbocycles. The second-order valence-electron chi connectivity index (χ2n) is 8.65. The summed E-state index contributed by atoms with van der Waals surface area (Å²) in [5, 5.41) is 6.46. The van der Waals surface area contributed by atoms with Crippen LogP contribution in [0.15, 0.2) is 24.3 Å². The molecule has 0 unspecified atom stereocenters. The Kier molecular flexibility index (Phi) is 7.66. The number of nitrogens with one attached hydrogen (secondary N) is 2. The molecule has 0 atom stereocenters. The van der Waals surface area contributed by atoms with Crippen LogP contribution in [-0.4, -0.2) is 60.9 Å². The summed E-state index contributed by atoms with van der Waals surface area (Å²) in [4.78, 5) is 46.4. The fourth-order valence-corrected chi connectivity index (χ4v) is 5.45. The van der Waals surface area contributed by atoms with Gasteiger partial charge in [-0.3, -0.25) is 14.4 Å². The van der Waals surface area contributed by atoms with E-state index in [4.69, 9.17) is 4.74 Å². The van der Waals surface area contributed by atoms with Crippen LogP contribution in [-0.2, 0) is 16.1 Å². The van der Waals surface area contributed by atoms with E-state index in [2.05, 4.69) is 20.5 Å². The van der Waals surface area contributed by atoms with E-state index in [0.29, 0.717) is 48.3 Å². The monoisotopic (exact) mass is 485 g/mol. The number of aromatic nitrogens is 1. The molecular weight excluding hydrogens is 454 g/mol. The SMILES string of the molecule is COc1ccccc1CNC(=O)C1CCN(c2nc(NC(C)=O)c(C(=O)N3CCCC3)s2)CC1. The van der Waals surface area contributed by atoms with Crippen molar-refractivity contribution in [2.24, 2.45) is 5.92 Å². The van der Waals surface area contributed by atoms with Crippen molar-refractivity contribution >= 4 is 40.0 Å². The van der Waals surface area contributed by atoms with E-state index in [1.54, 1.807) is 7.11 Å². The normalized spacial score (nSPS) is 16.4. The van der Waals surface area contributed by atoms with Gasteiger partial charge in [-0.05, 0) is 31.7 Å². The molecule has 34 heavy (non-hydrogen) atoms. The van der Waals surface area contributed by atoms with Crippen LogP contribution in [0.4, 0.5) is 10.9 Å². The third-order valence-electron chi connectivity index (χ3n) is 6.28. The summed E-state index contributed by atoms with van der Waals surface area (Å²) in [6, 6.07) is 7.65. The minimum atomic E-state index is -0.252. The number of thiazole rings is 1. The topological polar surface area (TPSA) is 104 Å². The van der Waals surface area contributed by atoms with E-state index in [-0.39, 0.29) is 23.6 Å². The Bertz CT molecular complexity index is 1040. The molecule has 2 aliphatic heterocycles. The number of carbonyl (C=O) groups is 3. The Morgan fingerprint density at radius 2 is 1.82 bits per heavy atom. The van der Waals surface area contributed by atoms with Gasteiger partial charge in [-0.25, -0.2) is 4.98 Å². The first-order valence-corrected chi connectivity index (χ1v) is 12.5. The zero-order valence-electron chi connectivity index (χ0n) is 19.6.